The third-order valence-electron chi connectivity index (χ3n) is 6.98. The van der Waals surface area contributed by atoms with Gasteiger partial charge in [0.05, 0.1) is 61.5 Å². The molecule has 0 aliphatic carbocycles. The van der Waals surface area contributed by atoms with Crippen molar-refractivity contribution in [3.63, 3.8) is 0 Å². The highest BCUT2D eigenvalue weighted by atomic mass is 16.5. The minimum Gasteiger partial charge on any atom is -0.495 e. The lowest BCUT2D eigenvalue weighted by molar-refractivity contribution is -0.642. The Morgan fingerprint density at radius 2 is 1.67 bits per heavy atom. The zero-order chi connectivity index (χ0) is 25.0. The van der Waals surface area contributed by atoms with E-state index in [1.165, 1.54) is 0 Å². The molecule has 7 nitrogen and oxygen atoms in total. The van der Waals surface area contributed by atoms with Gasteiger partial charge in [-0.2, -0.15) is 4.57 Å². The second kappa shape index (κ2) is 8.39. The van der Waals surface area contributed by atoms with E-state index in [0.29, 0.717) is 17.2 Å². The molecule has 4 aromatic carbocycles. The van der Waals surface area contributed by atoms with Crippen LogP contribution in [-0.2, 0) is 13.7 Å². The molecule has 2 heterocycles. The third-order valence-corrected chi connectivity index (χ3v) is 6.98. The predicted molar refractivity (Wildman–Crippen MR) is 141 cm³/mol. The summed E-state index contributed by atoms with van der Waals surface area (Å²) in [5.74, 6) is 2.04. The van der Waals surface area contributed by atoms with Gasteiger partial charge in [0.15, 0.2) is 17.7 Å². The number of aryl methyl sites for hydroxylation is 1. The maximum atomic E-state index is 10.4. The zero-order valence-corrected chi connectivity index (χ0v) is 20.5. The Bertz CT molecular complexity index is 1810. The number of rotatable bonds is 5. The van der Waals surface area contributed by atoms with Crippen molar-refractivity contribution in [2.45, 2.75) is 6.61 Å². The highest BCUT2D eigenvalue weighted by Crippen LogP contribution is 2.42. The molecule has 36 heavy (non-hydrogen) atoms. The fourth-order valence-electron chi connectivity index (χ4n) is 5.31. The van der Waals surface area contributed by atoms with Gasteiger partial charge >= 0.3 is 0 Å². The molecule has 0 saturated heterocycles. The van der Waals surface area contributed by atoms with Gasteiger partial charge in [0.1, 0.15) is 12.8 Å². The van der Waals surface area contributed by atoms with Crippen molar-refractivity contribution in [2.75, 3.05) is 21.3 Å². The number of hydrogen-bond acceptors (Lipinski definition) is 5. The Morgan fingerprint density at radius 3 is 2.42 bits per heavy atom. The van der Waals surface area contributed by atoms with E-state index in [4.69, 9.17) is 14.2 Å². The molecule has 180 valence electrons. The van der Waals surface area contributed by atoms with Crippen LogP contribution in [0.5, 0.6) is 17.2 Å². The van der Waals surface area contributed by atoms with Gasteiger partial charge in [-0.1, -0.05) is 12.1 Å². The van der Waals surface area contributed by atoms with E-state index < -0.39 is 0 Å². The van der Waals surface area contributed by atoms with Crippen LogP contribution in [0, 0.1) is 0 Å². The summed E-state index contributed by atoms with van der Waals surface area (Å²) < 4.78 is 19.1. The molecule has 6 aromatic rings. The maximum absolute atomic E-state index is 10.4. The van der Waals surface area contributed by atoms with Gasteiger partial charge in [-0.25, -0.2) is 4.98 Å². The fraction of sp³-hybridized carbons (Fsp3) is 0.172. The number of pyridine rings is 1. The van der Waals surface area contributed by atoms with Crippen LogP contribution in [0.25, 0.3) is 54.6 Å². The van der Waals surface area contributed by atoms with Crippen LogP contribution in [0.15, 0.2) is 61.1 Å². The van der Waals surface area contributed by atoms with Crippen LogP contribution in [0.4, 0.5) is 0 Å². The van der Waals surface area contributed by atoms with Crippen LogP contribution < -0.4 is 18.8 Å². The minimum absolute atomic E-state index is 0.147. The van der Waals surface area contributed by atoms with Gasteiger partial charge in [-0.15, -0.1) is 0 Å². The lowest BCUT2D eigenvalue weighted by atomic mass is 9.92. The van der Waals surface area contributed by atoms with Crippen molar-refractivity contribution in [1.29, 1.82) is 0 Å². The number of benzene rings is 4. The number of nitrogens with zero attached hydrogens (tertiary/aromatic N) is 2. The van der Waals surface area contributed by atoms with Gasteiger partial charge < -0.3 is 24.3 Å². The normalized spacial score (nSPS) is 11.6. The number of fused-ring (bicyclic) bond motifs is 6. The molecule has 0 amide bonds. The first-order chi connectivity index (χ1) is 17.6. The van der Waals surface area contributed by atoms with Crippen LogP contribution in [0.1, 0.15) is 5.56 Å². The molecule has 0 atom stereocenters. The van der Waals surface area contributed by atoms with Crippen LogP contribution in [-0.4, -0.2) is 36.4 Å². The smallest absolute Gasteiger partial charge is 0.220 e. The predicted octanol–water partition coefficient (Wildman–Crippen LogP) is 5.03. The number of imidazole rings is 1. The number of aromatic amines is 1. The van der Waals surface area contributed by atoms with Crippen LogP contribution >= 0.6 is 0 Å². The van der Waals surface area contributed by atoms with Crippen LogP contribution in [0.2, 0.25) is 0 Å². The molecule has 2 aromatic heterocycles. The molecule has 0 radical (unpaired) electrons. The van der Waals surface area contributed by atoms with Crippen molar-refractivity contribution in [2.24, 2.45) is 7.05 Å². The molecule has 0 saturated carbocycles. The van der Waals surface area contributed by atoms with Crippen molar-refractivity contribution in [1.82, 2.24) is 9.97 Å². The van der Waals surface area contributed by atoms with Crippen molar-refractivity contribution in [3.8, 4) is 28.4 Å². The first-order valence-corrected chi connectivity index (χ1v) is 11.6. The van der Waals surface area contributed by atoms with Gasteiger partial charge in [0, 0.05) is 10.9 Å². The number of aromatic nitrogens is 3. The summed E-state index contributed by atoms with van der Waals surface area (Å²) in [5.41, 5.74) is 5.54. The number of ether oxygens (including phenoxy) is 3. The van der Waals surface area contributed by atoms with Crippen LogP contribution in [0.3, 0.4) is 0 Å². The largest absolute Gasteiger partial charge is 0.495 e. The molecule has 0 aliphatic heterocycles. The summed E-state index contributed by atoms with van der Waals surface area (Å²) in [5, 5.41) is 15.6. The van der Waals surface area contributed by atoms with Crippen molar-refractivity contribution < 1.29 is 23.9 Å². The molecular weight excluding hydrogens is 454 g/mol. The molecule has 0 spiro atoms. The summed E-state index contributed by atoms with van der Waals surface area (Å²) in [6.45, 7) is -0.147. The SMILES string of the molecule is COc1cc2ccc3c4cc(-c5ccc6nc[nH]c6c5)c(CO)c(OC)c4c[n+](C)c3c2cc1OC. The average Bonchev–Trinajstić information content (AvgIpc) is 3.38. The monoisotopic (exact) mass is 480 g/mol. The lowest BCUT2D eigenvalue weighted by Gasteiger charge is -2.17. The highest BCUT2D eigenvalue weighted by Gasteiger charge is 2.23. The summed E-state index contributed by atoms with van der Waals surface area (Å²) in [6, 6.07) is 16.5. The lowest BCUT2D eigenvalue weighted by Crippen LogP contribution is -2.28. The van der Waals surface area contributed by atoms with E-state index in [0.717, 1.165) is 60.2 Å². The van der Waals surface area contributed by atoms with Gasteiger partial charge in [-0.05, 0) is 52.9 Å². The zero-order valence-electron chi connectivity index (χ0n) is 20.5. The van der Waals surface area contributed by atoms with Crippen molar-refractivity contribution >= 4 is 43.5 Å². The molecular formula is C29H26N3O4+. The number of aliphatic hydroxyl groups is 1. The van der Waals surface area contributed by atoms with Gasteiger partial charge in [0.2, 0.25) is 5.52 Å². The number of hydrogen-bond donors (Lipinski definition) is 2. The molecule has 0 unspecified atom stereocenters. The molecule has 0 fully saturated rings. The third kappa shape index (κ3) is 3.17. The fourth-order valence-corrected chi connectivity index (χ4v) is 5.31. The van der Waals surface area contributed by atoms with Gasteiger partial charge in [0.25, 0.3) is 0 Å². The average molecular weight is 481 g/mol. The second-order valence-corrected chi connectivity index (χ2v) is 8.82. The van der Waals surface area contributed by atoms with E-state index in [1.54, 1.807) is 27.7 Å². The summed E-state index contributed by atoms with van der Waals surface area (Å²) in [4.78, 5) is 7.51. The van der Waals surface area contributed by atoms with E-state index in [9.17, 15) is 5.11 Å². The first kappa shape index (κ1) is 22.1. The standard InChI is InChI=1S/C29H25N3O4/c1-32-13-22-21(18-7-5-17-10-26(34-2)27(35-3)12-20(17)28(18)32)11-19(23(14-33)29(22)36-4)16-6-8-24-25(9-16)31-15-30-24/h5-13,15,33H,14H2,1-4H3/p+1. The van der Waals surface area contributed by atoms with E-state index in [2.05, 4.69) is 45.0 Å². The number of H-pyrrole nitrogens is 1. The molecule has 2 N–H and O–H groups in total. The van der Waals surface area contributed by atoms with Crippen molar-refractivity contribution in [3.05, 3.63) is 66.6 Å². The van der Waals surface area contributed by atoms with E-state index >= 15 is 0 Å². The molecule has 7 heteroatoms. The second-order valence-electron chi connectivity index (χ2n) is 8.82. The summed E-state index contributed by atoms with van der Waals surface area (Å²) >= 11 is 0. The number of aliphatic hydroxyl groups excluding tert-OH is 1. The Morgan fingerprint density at radius 1 is 0.861 bits per heavy atom. The topological polar surface area (TPSA) is 80.5 Å². The Labute approximate surface area is 207 Å². The number of methoxy groups -OCH3 is 3. The molecule has 0 bridgehead atoms. The summed E-state index contributed by atoms with van der Waals surface area (Å²) in [7, 11) is 6.97. The maximum Gasteiger partial charge on any atom is 0.220 e. The quantitative estimate of drug-likeness (QED) is 0.267. The Kier molecular flexibility index (Phi) is 5.16. The Balaban J connectivity index is 1.74. The minimum atomic E-state index is -0.147. The number of nitrogens with one attached hydrogen (secondary N) is 1. The Hall–Kier alpha value is -4.36. The molecule has 0 aliphatic rings. The molecule has 6 rings (SSSR count). The summed E-state index contributed by atoms with van der Waals surface area (Å²) in [6.07, 6.45) is 3.75. The van der Waals surface area contributed by atoms with Gasteiger partial charge in [-0.3, -0.25) is 0 Å². The van der Waals surface area contributed by atoms with E-state index in [1.807, 2.05) is 31.3 Å². The van der Waals surface area contributed by atoms with E-state index in [-0.39, 0.29) is 6.61 Å². The highest BCUT2D eigenvalue weighted by molar-refractivity contribution is 6.16. The first-order valence-electron chi connectivity index (χ1n) is 11.6.